The van der Waals surface area contributed by atoms with E-state index in [0.717, 1.165) is 6.92 Å². The molecule has 0 rings (SSSR count). The zero-order chi connectivity index (χ0) is 14.0. The quantitative estimate of drug-likeness (QED) is 0.385. The van der Waals surface area contributed by atoms with Crippen LogP contribution in [0, 0.1) is 0 Å². The molecule has 0 nitrogen and oxygen atoms in total. The molecule has 0 heterocycles. The molecule has 10 heteroatoms. The monoisotopic (exact) mass is 348 g/mol. The van der Waals surface area contributed by atoms with E-state index in [0.29, 0.717) is 0 Å². The van der Waals surface area contributed by atoms with Gasteiger partial charge < -0.3 is 0 Å². The van der Waals surface area contributed by atoms with Gasteiger partial charge in [0.2, 0.25) is 8.92 Å². The molecule has 0 aliphatic heterocycles. The van der Waals surface area contributed by atoms with Crippen molar-refractivity contribution in [3.8, 4) is 0 Å². The molecule has 16 heavy (non-hydrogen) atoms. The number of hydrogen-bond donors (Lipinski definition) is 0. The van der Waals surface area contributed by atoms with Crippen molar-refractivity contribution < 1.29 is 22.0 Å². The SMILES string of the molecule is CC(F)(Cl)C(Cl)(Cl)Cl.CC(F)(Cl)C(F)(F)F. The smallest absolute Gasteiger partial charge is 0.222 e. The van der Waals surface area contributed by atoms with Gasteiger partial charge in [0.05, 0.1) is 0 Å². The summed E-state index contributed by atoms with van der Waals surface area (Å²) in [7, 11) is 0. The van der Waals surface area contributed by atoms with Gasteiger partial charge in [-0.1, -0.05) is 58.0 Å². The lowest BCUT2D eigenvalue weighted by Gasteiger charge is -2.19. The number of halogens is 10. The first-order chi connectivity index (χ1) is 6.50. The lowest BCUT2D eigenvalue weighted by Crippen LogP contribution is -2.31. The number of hydrogen-bond acceptors (Lipinski definition) is 0. The molecule has 0 aromatic heterocycles. The van der Waals surface area contributed by atoms with Crippen molar-refractivity contribution in [2.45, 2.75) is 34.1 Å². The first-order valence-electron chi connectivity index (χ1n) is 3.39. The van der Waals surface area contributed by atoms with Crippen molar-refractivity contribution in [2.75, 3.05) is 0 Å². The van der Waals surface area contributed by atoms with Crippen LogP contribution in [0.5, 0.6) is 0 Å². The van der Waals surface area contributed by atoms with Gasteiger partial charge in [-0.25, -0.2) is 8.78 Å². The largest absolute Gasteiger partial charge is 0.436 e. The topological polar surface area (TPSA) is 0 Å². The lowest BCUT2D eigenvalue weighted by molar-refractivity contribution is -0.192. The molecular weight excluding hydrogens is 344 g/mol. The number of alkyl halides is 10. The highest BCUT2D eigenvalue weighted by molar-refractivity contribution is 6.70. The van der Waals surface area contributed by atoms with Crippen molar-refractivity contribution in [2.24, 2.45) is 0 Å². The maximum atomic E-state index is 12.3. The van der Waals surface area contributed by atoms with E-state index in [4.69, 9.17) is 46.4 Å². The van der Waals surface area contributed by atoms with Crippen molar-refractivity contribution in [1.29, 1.82) is 0 Å². The van der Waals surface area contributed by atoms with E-state index >= 15 is 0 Å². The van der Waals surface area contributed by atoms with Gasteiger partial charge >= 0.3 is 6.18 Å². The Hall–Kier alpha value is 1.10. The van der Waals surface area contributed by atoms with Gasteiger partial charge in [0, 0.05) is 0 Å². The Bertz CT molecular complexity index is 159. The predicted octanol–water partition coefficient (Wildman–Crippen LogP) is 5.75. The van der Waals surface area contributed by atoms with E-state index in [1.165, 1.54) is 0 Å². The van der Waals surface area contributed by atoms with Crippen LogP contribution in [0.1, 0.15) is 13.8 Å². The van der Waals surface area contributed by atoms with Crippen LogP contribution in [0.25, 0.3) is 0 Å². The summed E-state index contributed by atoms with van der Waals surface area (Å²) >= 11 is 24.3. The van der Waals surface area contributed by atoms with Crippen LogP contribution in [0.4, 0.5) is 22.0 Å². The molecule has 0 radical (unpaired) electrons. The maximum absolute atomic E-state index is 12.3. The molecule has 2 unspecified atom stereocenters. The fourth-order valence-electron chi connectivity index (χ4n) is 0. The zero-order valence-corrected chi connectivity index (χ0v) is 11.6. The summed E-state index contributed by atoms with van der Waals surface area (Å²) in [6.07, 6.45) is -4.96. The minimum atomic E-state index is -4.96. The Kier molecular flexibility index (Phi) is 7.08. The fourth-order valence-corrected chi connectivity index (χ4v) is 0. The standard InChI is InChI=1S/C3H3Cl4F.C3H3ClF4/c1-2(4,8)3(5,6)7;1-2(4,5)3(6,7)8/h2*1H3. The van der Waals surface area contributed by atoms with E-state index in [2.05, 4.69) is 11.6 Å². The molecule has 0 N–H and O–H groups in total. The highest BCUT2D eigenvalue weighted by atomic mass is 35.6. The van der Waals surface area contributed by atoms with Crippen LogP contribution >= 0.6 is 58.0 Å². The molecule has 0 fully saturated rings. The van der Waals surface area contributed by atoms with Crippen LogP contribution in [0.2, 0.25) is 0 Å². The molecule has 0 spiro atoms. The number of rotatable bonds is 0. The Morgan fingerprint density at radius 3 is 0.750 bits per heavy atom. The molecule has 0 saturated carbocycles. The van der Waals surface area contributed by atoms with Gasteiger partial charge in [0.15, 0.2) is 0 Å². The average molecular weight is 350 g/mol. The van der Waals surface area contributed by atoms with Gasteiger partial charge in [0.25, 0.3) is 5.13 Å². The minimum Gasteiger partial charge on any atom is -0.222 e. The second-order valence-corrected chi connectivity index (χ2v) is 6.47. The summed E-state index contributed by atoms with van der Waals surface area (Å²) in [5.74, 6) is 0. The highest BCUT2D eigenvalue weighted by Crippen LogP contribution is 2.43. The lowest BCUT2D eigenvalue weighted by atomic mass is 10.4. The fraction of sp³-hybridized carbons (Fsp3) is 1.00. The molecule has 0 saturated heterocycles. The van der Waals surface area contributed by atoms with E-state index < -0.39 is 20.2 Å². The summed E-state index contributed by atoms with van der Waals surface area (Å²) in [6, 6.07) is 0. The zero-order valence-electron chi connectivity index (χ0n) is 7.78. The van der Waals surface area contributed by atoms with Crippen LogP contribution in [0.15, 0.2) is 0 Å². The molecule has 0 bridgehead atoms. The van der Waals surface area contributed by atoms with Gasteiger partial charge in [0.1, 0.15) is 0 Å². The Balaban J connectivity index is 0. The van der Waals surface area contributed by atoms with Crippen LogP contribution in [-0.2, 0) is 0 Å². The van der Waals surface area contributed by atoms with Gasteiger partial charge in [-0.05, 0) is 13.8 Å². The van der Waals surface area contributed by atoms with Crippen LogP contribution < -0.4 is 0 Å². The summed E-state index contributed by atoms with van der Waals surface area (Å²) < 4.78 is 54.9. The molecule has 0 aliphatic rings. The first kappa shape index (κ1) is 19.4. The van der Waals surface area contributed by atoms with Gasteiger partial charge in [-0.3, -0.25) is 0 Å². The van der Waals surface area contributed by atoms with E-state index in [1.54, 1.807) is 0 Å². The second-order valence-electron chi connectivity index (χ2n) is 2.77. The van der Waals surface area contributed by atoms with E-state index in [9.17, 15) is 22.0 Å². The maximum Gasteiger partial charge on any atom is 0.436 e. The third kappa shape index (κ3) is 8.23. The van der Waals surface area contributed by atoms with Crippen LogP contribution in [-0.4, -0.2) is 20.2 Å². The van der Waals surface area contributed by atoms with E-state index in [-0.39, 0.29) is 6.92 Å². The highest BCUT2D eigenvalue weighted by Gasteiger charge is 2.50. The summed E-state index contributed by atoms with van der Waals surface area (Å²) in [6.45, 7) is 1.22. The average Bonchev–Trinajstić information content (AvgIpc) is 1.77. The molecular formula is C6H6Cl5F5. The van der Waals surface area contributed by atoms with Gasteiger partial charge in [-0.2, -0.15) is 13.2 Å². The van der Waals surface area contributed by atoms with Crippen LogP contribution in [0.3, 0.4) is 0 Å². The summed E-state index contributed by atoms with van der Waals surface area (Å²) in [5.41, 5.74) is 0. The van der Waals surface area contributed by atoms with Crippen molar-refractivity contribution >= 4 is 58.0 Å². The third-order valence-electron chi connectivity index (χ3n) is 0.996. The second kappa shape index (κ2) is 5.83. The van der Waals surface area contributed by atoms with E-state index in [1.807, 2.05) is 0 Å². The van der Waals surface area contributed by atoms with Crippen molar-refractivity contribution in [3.63, 3.8) is 0 Å². The summed E-state index contributed by atoms with van der Waals surface area (Å²) in [5, 5.41) is -5.88. The molecule has 0 aromatic carbocycles. The Morgan fingerprint density at radius 1 is 0.625 bits per heavy atom. The molecule has 0 aliphatic carbocycles. The molecule has 0 aromatic rings. The Morgan fingerprint density at radius 2 is 0.750 bits per heavy atom. The molecule has 100 valence electrons. The minimum absolute atomic E-state index is 0.245. The Labute approximate surface area is 114 Å². The normalized spacial score (nSPS) is 20.2. The molecule has 2 atom stereocenters. The van der Waals surface area contributed by atoms with Crippen molar-refractivity contribution in [3.05, 3.63) is 0 Å². The van der Waals surface area contributed by atoms with Gasteiger partial charge in [-0.15, -0.1) is 0 Å². The third-order valence-corrected chi connectivity index (χ3v) is 2.85. The predicted molar refractivity (Wildman–Crippen MR) is 57.1 cm³/mol. The first-order valence-corrected chi connectivity index (χ1v) is 5.28. The van der Waals surface area contributed by atoms with Crippen molar-refractivity contribution in [1.82, 2.24) is 0 Å². The summed E-state index contributed by atoms with van der Waals surface area (Å²) in [4.78, 5) is 0. The molecule has 0 amide bonds.